The number of rotatable bonds is 7. The maximum absolute atomic E-state index is 12.0. The number of ether oxygens (including phenoxy) is 1. The molecule has 2 N–H and O–H groups in total. The molecule has 0 spiro atoms. The molecule has 0 saturated carbocycles. The van der Waals surface area contributed by atoms with E-state index < -0.39 is 11.4 Å². The Balaban J connectivity index is 1.76. The van der Waals surface area contributed by atoms with Crippen molar-refractivity contribution in [2.45, 2.75) is 32.1 Å². The van der Waals surface area contributed by atoms with Gasteiger partial charge in [-0.15, -0.1) is 0 Å². The van der Waals surface area contributed by atoms with Crippen LogP contribution in [-0.4, -0.2) is 36.7 Å². The molecule has 5 nitrogen and oxygen atoms in total. The Morgan fingerprint density at radius 3 is 2.54 bits per heavy atom. The minimum Gasteiger partial charge on any atom is -0.481 e. The van der Waals surface area contributed by atoms with Crippen molar-refractivity contribution in [2.24, 2.45) is 5.41 Å². The zero-order chi connectivity index (χ0) is 17.6. The second-order valence-corrected chi connectivity index (χ2v) is 6.89. The maximum Gasteiger partial charge on any atom is 0.311 e. The van der Waals surface area contributed by atoms with Crippen molar-refractivity contribution in [2.75, 3.05) is 19.8 Å². The van der Waals surface area contributed by atoms with Gasteiger partial charge >= 0.3 is 5.97 Å². The van der Waals surface area contributed by atoms with Crippen LogP contribution in [-0.2, 0) is 20.7 Å². The lowest BCUT2D eigenvalue weighted by Gasteiger charge is -2.33. The SMILES string of the molecule is O=C(CCCc1ccc(Cl)c(Cl)c1)NCC1(C(=O)O)CCOCC1. The number of hydrogen-bond acceptors (Lipinski definition) is 3. The Morgan fingerprint density at radius 2 is 1.92 bits per heavy atom. The quantitative estimate of drug-likeness (QED) is 0.768. The molecule has 0 aromatic heterocycles. The van der Waals surface area contributed by atoms with Gasteiger partial charge in [-0.25, -0.2) is 0 Å². The molecule has 1 heterocycles. The highest BCUT2D eigenvalue weighted by Crippen LogP contribution is 2.30. The topological polar surface area (TPSA) is 75.6 Å². The van der Waals surface area contributed by atoms with Crippen molar-refractivity contribution >= 4 is 35.1 Å². The van der Waals surface area contributed by atoms with Gasteiger partial charge < -0.3 is 15.2 Å². The van der Waals surface area contributed by atoms with Crippen molar-refractivity contribution in [1.29, 1.82) is 0 Å². The van der Waals surface area contributed by atoms with Crippen molar-refractivity contribution in [3.05, 3.63) is 33.8 Å². The van der Waals surface area contributed by atoms with Gasteiger partial charge in [0.05, 0.1) is 15.5 Å². The molecule has 24 heavy (non-hydrogen) atoms. The van der Waals surface area contributed by atoms with Crippen LogP contribution in [0, 0.1) is 5.41 Å². The van der Waals surface area contributed by atoms with Crippen LogP contribution in [0.2, 0.25) is 10.0 Å². The fraction of sp³-hybridized carbons (Fsp3) is 0.529. The van der Waals surface area contributed by atoms with Crippen LogP contribution in [0.3, 0.4) is 0 Å². The van der Waals surface area contributed by atoms with Gasteiger partial charge in [-0.1, -0.05) is 29.3 Å². The Labute approximate surface area is 151 Å². The molecule has 0 bridgehead atoms. The summed E-state index contributed by atoms with van der Waals surface area (Å²) >= 11 is 11.8. The molecule has 1 aromatic rings. The van der Waals surface area contributed by atoms with Crippen LogP contribution >= 0.6 is 23.2 Å². The number of carboxylic acids is 1. The molecule has 7 heteroatoms. The Kier molecular flexibility index (Phi) is 6.90. The average Bonchev–Trinajstić information content (AvgIpc) is 2.57. The normalized spacial score (nSPS) is 16.6. The number of nitrogens with one attached hydrogen (secondary N) is 1. The summed E-state index contributed by atoms with van der Waals surface area (Å²) in [5.41, 5.74) is 0.112. The first-order valence-electron chi connectivity index (χ1n) is 7.95. The second kappa shape index (κ2) is 8.70. The van der Waals surface area contributed by atoms with Crippen molar-refractivity contribution in [3.8, 4) is 0 Å². The van der Waals surface area contributed by atoms with Gasteiger partial charge in [0.2, 0.25) is 5.91 Å². The Bertz CT molecular complexity index is 600. The number of hydrogen-bond donors (Lipinski definition) is 2. The first kappa shape index (κ1) is 19.0. The summed E-state index contributed by atoms with van der Waals surface area (Å²) in [5, 5.41) is 13.2. The molecule has 1 aliphatic rings. The van der Waals surface area contributed by atoms with Crippen LogP contribution in [0.15, 0.2) is 18.2 Å². The van der Waals surface area contributed by atoms with E-state index in [1.807, 2.05) is 6.07 Å². The average molecular weight is 374 g/mol. The summed E-state index contributed by atoms with van der Waals surface area (Å²) in [4.78, 5) is 23.5. The maximum atomic E-state index is 12.0. The zero-order valence-corrected chi connectivity index (χ0v) is 14.8. The minimum atomic E-state index is -0.905. The second-order valence-electron chi connectivity index (χ2n) is 6.08. The molecule has 0 atom stereocenters. The van der Waals surface area contributed by atoms with Gasteiger partial charge in [0.25, 0.3) is 0 Å². The molecule has 1 aliphatic heterocycles. The number of carbonyl (C=O) groups is 2. The summed E-state index contributed by atoms with van der Waals surface area (Å²) in [5.74, 6) is -1.01. The van der Waals surface area contributed by atoms with Crippen LogP contribution in [0.25, 0.3) is 0 Å². The predicted molar refractivity (Wildman–Crippen MR) is 92.5 cm³/mol. The number of aryl methyl sites for hydroxylation is 1. The van der Waals surface area contributed by atoms with Gasteiger partial charge in [0, 0.05) is 26.2 Å². The largest absolute Gasteiger partial charge is 0.481 e. The highest BCUT2D eigenvalue weighted by molar-refractivity contribution is 6.42. The fourth-order valence-electron chi connectivity index (χ4n) is 2.73. The number of aliphatic carboxylic acids is 1. The number of amides is 1. The Hall–Kier alpha value is -1.30. The third kappa shape index (κ3) is 5.10. The lowest BCUT2D eigenvalue weighted by molar-refractivity contribution is -0.154. The third-order valence-corrected chi connectivity index (χ3v) is 5.12. The number of carbonyl (C=O) groups excluding carboxylic acids is 1. The molecule has 1 saturated heterocycles. The van der Waals surface area contributed by atoms with Crippen LogP contribution in [0.1, 0.15) is 31.2 Å². The fourth-order valence-corrected chi connectivity index (χ4v) is 3.05. The molecule has 1 aromatic carbocycles. The monoisotopic (exact) mass is 373 g/mol. The van der Waals surface area contributed by atoms with Crippen molar-refractivity contribution in [3.63, 3.8) is 0 Å². The standard InChI is InChI=1S/C17H21Cl2NO4/c18-13-5-4-12(10-14(13)19)2-1-3-15(21)20-11-17(16(22)23)6-8-24-9-7-17/h4-5,10H,1-3,6-9,11H2,(H,20,21)(H,22,23). The number of benzene rings is 1. The molecule has 0 aliphatic carbocycles. The summed E-state index contributed by atoms with van der Waals surface area (Å²) in [6.07, 6.45) is 2.55. The minimum absolute atomic E-state index is 0.137. The molecule has 1 amide bonds. The van der Waals surface area contributed by atoms with E-state index in [4.69, 9.17) is 27.9 Å². The van der Waals surface area contributed by atoms with E-state index in [-0.39, 0.29) is 12.5 Å². The summed E-state index contributed by atoms with van der Waals surface area (Å²) in [6, 6.07) is 5.41. The molecular formula is C17H21Cl2NO4. The number of halogens is 2. The van der Waals surface area contributed by atoms with E-state index in [1.165, 1.54) is 0 Å². The summed E-state index contributed by atoms with van der Waals surface area (Å²) in [7, 11) is 0. The molecule has 1 fully saturated rings. The molecule has 0 unspecified atom stereocenters. The van der Waals surface area contributed by atoms with Crippen molar-refractivity contribution in [1.82, 2.24) is 5.32 Å². The van der Waals surface area contributed by atoms with E-state index in [0.29, 0.717) is 55.4 Å². The van der Waals surface area contributed by atoms with Crippen LogP contribution < -0.4 is 5.32 Å². The molecule has 0 radical (unpaired) electrons. The van der Waals surface area contributed by atoms with E-state index in [0.717, 1.165) is 5.56 Å². The lowest BCUT2D eigenvalue weighted by Crippen LogP contribution is -2.46. The first-order chi connectivity index (χ1) is 11.4. The van der Waals surface area contributed by atoms with E-state index >= 15 is 0 Å². The zero-order valence-electron chi connectivity index (χ0n) is 13.3. The van der Waals surface area contributed by atoms with Gasteiger partial charge in [0.1, 0.15) is 0 Å². The van der Waals surface area contributed by atoms with Gasteiger partial charge in [-0.2, -0.15) is 0 Å². The highest BCUT2D eigenvalue weighted by atomic mass is 35.5. The Morgan fingerprint density at radius 1 is 1.21 bits per heavy atom. The molecular weight excluding hydrogens is 353 g/mol. The number of carboxylic acid groups (broad SMARTS) is 1. The summed E-state index contributed by atoms with van der Waals surface area (Å²) < 4.78 is 5.22. The van der Waals surface area contributed by atoms with E-state index in [2.05, 4.69) is 5.32 Å². The first-order valence-corrected chi connectivity index (χ1v) is 8.70. The van der Waals surface area contributed by atoms with Crippen molar-refractivity contribution < 1.29 is 19.4 Å². The third-order valence-electron chi connectivity index (χ3n) is 4.38. The smallest absolute Gasteiger partial charge is 0.311 e. The predicted octanol–water partition coefficient (Wildman–Crippen LogP) is 3.31. The van der Waals surface area contributed by atoms with Crippen LogP contribution in [0.4, 0.5) is 0 Å². The summed E-state index contributed by atoms with van der Waals surface area (Å²) in [6.45, 7) is 0.982. The molecule has 132 valence electrons. The van der Waals surface area contributed by atoms with Crippen LogP contribution in [0.5, 0.6) is 0 Å². The van der Waals surface area contributed by atoms with Gasteiger partial charge in [-0.3, -0.25) is 9.59 Å². The van der Waals surface area contributed by atoms with E-state index in [1.54, 1.807) is 12.1 Å². The van der Waals surface area contributed by atoms with E-state index in [9.17, 15) is 14.7 Å². The lowest BCUT2D eigenvalue weighted by atomic mass is 9.80. The van der Waals surface area contributed by atoms with Gasteiger partial charge in [-0.05, 0) is 43.4 Å². The van der Waals surface area contributed by atoms with Gasteiger partial charge in [0.15, 0.2) is 0 Å². The molecule has 2 rings (SSSR count). The highest BCUT2D eigenvalue weighted by Gasteiger charge is 2.40.